The van der Waals surface area contributed by atoms with Gasteiger partial charge in [-0.3, -0.25) is 4.79 Å². The molecule has 4 nitrogen and oxygen atoms in total. The molecule has 1 unspecified atom stereocenters. The van der Waals surface area contributed by atoms with Crippen molar-refractivity contribution in [3.8, 4) is 0 Å². The summed E-state index contributed by atoms with van der Waals surface area (Å²) in [6, 6.07) is -0.0428. The summed E-state index contributed by atoms with van der Waals surface area (Å²) in [7, 11) is 1.83. The summed E-state index contributed by atoms with van der Waals surface area (Å²) >= 11 is 0. The van der Waals surface area contributed by atoms with Crippen LogP contribution in [0.25, 0.3) is 0 Å². The standard InChI is InChI=1S/C12H22N2O2/c1-13-10-5-4-8-14(11(10)15)9-12(16)6-2-3-7-12/h10,13,16H,2-9H2,1H3. The first-order valence-electron chi connectivity index (χ1n) is 6.33. The molecule has 4 heteroatoms. The number of aliphatic hydroxyl groups is 1. The number of carbonyl (C=O) groups excluding carboxylic acids is 1. The zero-order valence-corrected chi connectivity index (χ0v) is 10.0. The second kappa shape index (κ2) is 4.72. The molecule has 0 aromatic carbocycles. The van der Waals surface area contributed by atoms with Gasteiger partial charge in [0.25, 0.3) is 0 Å². The van der Waals surface area contributed by atoms with Crippen LogP contribution in [0.3, 0.4) is 0 Å². The number of hydrogen-bond acceptors (Lipinski definition) is 3. The van der Waals surface area contributed by atoms with E-state index >= 15 is 0 Å². The normalized spacial score (nSPS) is 29.8. The van der Waals surface area contributed by atoms with Gasteiger partial charge in [0.2, 0.25) is 5.91 Å². The highest BCUT2D eigenvalue weighted by atomic mass is 16.3. The molecule has 0 bridgehead atoms. The second-order valence-electron chi connectivity index (χ2n) is 5.17. The van der Waals surface area contributed by atoms with Crippen molar-refractivity contribution in [1.82, 2.24) is 10.2 Å². The van der Waals surface area contributed by atoms with Gasteiger partial charge in [-0.2, -0.15) is 0 Å². The van der Waals surface area contributed by atoms with E-state index in [1.807, 2.05) is 11.9 Å². The number of amides is 1. The average molecular weight is 226 g/mol. The van der Waals surface area contributed by atoms with Gasteiger partial charge in [0, 0.05) is 13.1 Å². The summed E-state index contributed by atoms with van der Waals surface area (Å²) in [6.45, 7) is 1.34. The number of rotatable bonds is 3. The van der Waals surface area contributed by atoms with Gasteiger partial charge >= 0.3 is 0 Å². The van der Waals surface area contributed by atoms with Gasteiger partial charge in [-0.1, -0.05) is 12.8 Å². The highest BCUT2D eigenvalue weighted by Gasteiger charge is 2.37. The third-order valence-electron chi connectivity index (χ3n) is 3.90. The zero-order valence-electron chi connectivity index (χ0n) is 10.0. The molecule has 0 aromatic heterocycles. The van der Waals surface area contributed by atoms with Crippen LogP contribution in [0.2, 0.25) is 0 Å². The number of nitrogens with one attached hydrogen (secondary N) is 1. The average Bonchev–Trinajstić information content (AvgIpc) is 2.68. The van der Waals surface area contributed by atoms with Crippen molar-refractivity contribution in [2.75, 3.05) is 20.1 Å². The Bertz CT molecular complexity index is 262. The van der Waals surface area contributed by atoms with Gasteiger partial charge in [0.05, 0.1) is 11.6 Å². The second-order valence-corrected chi connectivity index (χ2v) is 5.17. The minimum Gasteiger partial charge on any atom is -0.388 e. The summed E-state index contributed by atoms with van der Waals surface area (Å²) in [5.41, 5.74) is -0.606. The van der Waals surface area contributed by atoms with Crippen molar-refractivity contribution in [3.63, 3.8) is 0 Å². The van der Waals surface area contributed by atoms with Crippen molar-refractivity contribution >= 4 is 5.91 Å². The molecule has 16 heavy (non-hydrogen) atoms. The fourth-order valence-electron chi connectivity index (χ4n) is 2.91. The maximum atomic E-state index is 12.0. The third-order valence-corrected chi connectivity index (χ3v) is 3.90. The molecule has 1 aliphatic heterocycles. The Balaban J connectivity index is 1.95. The molecular weight excluding hydrogens is 204 g/mol. The predicted octanol–water partition coefficient (Wildman–Crippen LogP) is 0.502. The van der Waals surface area contributed by atoms with Gasteiger partial charge < -0.3 is 15.3 Å². The maximum Gasteiger partial charge on any atom is 0.239 e. The number of hydrogen-bond donors (Lipinski definition) is 2. The van der Waals surface area contributed by atoms with E-state index in [0.717, 1.165) is 45.1 Å². The van der Waals surface area contributed by atoms with Gasteiger partial charge in [-0.15, -0.1) is 0 Å². The molecular formula is C12H22N2O2. The highest BCUT2D eigenvalue weighted by molar-refractivity contribution is 5.82. The lowest BCUT2D eigenvalue weighted by molar-refractivity contribution is -0.139. The van der Waals surface area contributed by atoms with Gasteiger partial charge in [0.15, 0.2) is 0 Å². The quantitative estimate of drug-likeness (QED) is 0.737. The largest absolute Gasteiger partial charge is 0.388 e. The van der Waals surface area contributed by atoms with E-state index in [1.165, 1.54) is 0 Å². The molecule has 2 aliphatic rings. The van der Waals surface area contributed by atoms with Crippen LogP contribution in [0.1, 0.15) is 38.5 Å². The molecule has 1 saturated heterocycles. The Morgan fingerprint density at radius 3 is 2.75 bits per heavy atom. The minimum absolute atomic E-state index is 0.0428. The highest BCUT2D eigenvalue weighted by Crippen LogP contribution is 2.31. The number of piperidine rings is 1. The van der Waals surface area contributed by atoms with Crippen LogP contribution < -0.4 is 5.32 Å². The van der Waals surface area contributed by atoms with Crippen molar-refractivity contribution in [3.05, 3.63) is 0 Å². The first-order chi connectivity index (χ1) is 7.64. The lowest BCUT2D eigenvalue weighted by atomic mass is 9.98. The summed E-state index contributed by atoms with van der Waals surface area (Å²) < 4.78 is 0. The summed E-state index contributed by atoms with van der Waals surface area (Å²) in [4.78, 5) is 13.9. The predicted molar refractivity (Wildman–Crippen MR) is 62.1 cm³/mol. The smallest absolute Gasteiger partial charge is 0.239 e. The Morgan fingerprint density at radius 2 is 2.12 bits per heavy atom. The number of nitrogens with zero attached hydrogens (tertiary/aromatic N) is 1. The van der Waals surface area contributed by atoms with Gasteiger partial charge in [0.1, 0.15) is 0 Å². The van der Waals surface area contributed by atoms with Gasteiger partial charge in [-0.25, -0.2) is 0 Å². The molecule has 2 rings (SSSR count). The Labute approximate surface area is 97.0 Å². The molecule has 1 heterocycles. The molecule has 2 N–H and O–H groups in total. The molecule has 0 radical (unpaired) electrons. The van der Waals surface area contributed by atoms with E-state index in [9.17, 15) is 9.90 Å². The Hall–Kier alpha value is -0.610. The van der Waals surface area contributed by atoms with Gasteiger partial charge in [-0.05, 0) is 32.7 Å². The van der Waals surface area contributed by atoms with Crippen molar-refractivity contribution < 1.29 is 9.90 Å². The number of β-amino-alcohol motifs (C(OH)–C–C–N with tert-alkyl or cyclic N) is 1. The van der Waals surface area contributed by atoms with E-state index in [2.05, 4.69) is 5.32 Å². The van der Waals surface area contributed by atoms with Crippen LogP contribution in [0, 0.1) is 0 Å². The molecule has 0 aromatic rings. The summed E-state index contributed by atoms with van der Waals surface area (Å²) in [6.07, 6.45) is 5.83. The molecule has 1 aliphatic carbocycles. The van der Waals surface area contributed by atoms with E-state index < -0.39 is 5.60 Å². The van der Waals surface area contributed by atoms with Crippen LogP contribution >= 0.6 is 0 Å². The summed E-state index contributed by atoms with van der Waals surface area (Å²) in [5.74, 6) is 0.161. The number of carbonyl (C=O) groups is 1. The van der Waals surface area contributed by atoms with Crippen LogP contribution in [0.15, 0.2) is 0 Å². The van der Waals surface area contributed by atoms with E-state index in [0.29, 0.717) is 6.54 Å². The lowest BCUT2D eigenvalue weighted by Crippen LogP contribution is -2.54. The van der Waals surface area contributed by atoms with E-state index in [-0.39, 0.29) is 11.9 Å². The SMILES string of the molecule is CNC1CCCN(CC2(O)CCCC2)C1=O. The number of likely N-dealkylation sites (N-methyl/N-ethyl adjacent to an activating group) is 1. The topological polar surface area (TPSA) is 52.6 Å². The minimum atomic E-state index is -0.606. The van der Waals surface area contributed by atoms with E-state index in [4.69, 9.17) is 0 Å². The summed E-state index contributed by atoms with van der Waals surface area (Å²) in [5, 5.41) is 13.4. The van der Waals surface area contributed by atoms with Crippen molar-refractivity contribution in [2.45, 2.75) is 50.2 Å². The van der Waals surface area contributed by atoms with Crippen molar-refractivity contribution in [2.24, 2.45) is 0 Å². The van der Waals surface area contributed by atoms with Crippen LogP contribution in [0.4, 0.5) is 0 Å². The Kier molecular flexibility index (Phi) is 3.50. The first kappa shape index (κ1) is 11.9. The van der Waals surface area contributed by atoms with Crippen LogP contribution in [-0.4, -0.2) is 47.7 Å². The third kappa shape index (κ3) is 2.38. The number of likely N-dealkylation sites (tertiary alicyclic amines) is 1. The molecule has 1 atom stereocenters. The fraction of sp³-hybridized carbons (Fsp3) is 0.917. The van der Waals surface area contributed by atoms with Crippen LogP contribution in [-0.2, 0) is 4.79 Å². The lowest BCUT2D eigenvalue weighted by Gasteiger charge is -2.36. The fourth-order valence-corrected chi connectivity index (χ4v) is 2.91. The molecule has 1 saturated carbocycles. The van der Waals surface area contributed by atoms with Crippen molar-refractivity contribution in [1.29, 1.82) is 0 Å². The zero-order chi connectivity index (χ0) is 11.6. The monoisotopic (exact) mass is 226 g/mol. The molecule has 92 valence electrons. The van der Waals surface area contributed by atoms with Crippen LogP contribution in [0.5, 0.6) is 0 Å². The first-order valence-corrected chi connectivity index (χ1v) is 6.33. The Morgan fingerprint density at radius 1 is 1.44 bits per heavy atom. The molecule has 0 spiro atoms. The maximum absolute atomic E-state index is 12.0. The van der Waals surface area contributed by atoms with E-state index in [1.54, 1.807) is 0 Å². The molecule has 2 fully saturated rings. The molecule has 1 amide bonds.